The Morgan fingerprint density at radius 3 is 2.50 bits per heavy atom. The number of nitrogens with one attached hydrogen (secondary N) is 3. The number of ether oxygens (including phenoxy) is 1. The van der Waals surface area contributed by atoms with Crippen LogP contribution in [0.5, 0.6) is 0 Å². The summed E-state index contributed by atoms with van der Waals surface area (Å²) in [5, 5.41) is 5.84. The van der Waals surface area contributed by atoms with Gasteiger partial charge in [-0.15, -0.1) is 0 Å². The SMILES string of the molecule is CNS(=O)(=O)c1ccc(NCCOC)c(NC(=O)C(C)C(C)N)c1. The summed E-state index contributed by atoms with van der Waals surface area (Å²) in [6.45, 7) is 4.44. The Labute approximate surface area is 143 Å². The highest BCUT2D eigenvalue weighted by Gasteiger charge is 2.20. The number of carbonyl (C=O) groups excluding carboxylic acids is 1. The summed E-state index contributed by atoms with van der Waals surface area (Å²) in [4.78, 5) is 12.3. The highest BCUT2D eigenvalue weighted by molar-refractivity contribution is 7.89. The number of amides is 1. The van der Waals surface area contributed by atoms with Crippen LogP contribution in [0.3, 0.4) is 0 Å². The van der Waals surface area contributed by atoms with E-state index in [-0.39, 0.29) is 16.8 Å². The van der Waals surface area contributed by atoms with Crippen molar-refractivity contribution in [3.05, 3.63) is 18.2 Å². The number of benzene rings is 1. The Morgan fingerprint density at radius 2 is 1.96 bits per heavy atom. The molecule has 0 bridgehead atoms. The largest absolute Gasteiger partial charge is 0.383 e. The van der Waals surface area contributed by atoms with Crippen LogP contribution in [-0.4, -0.2) is 47.7 Å². The molecule has 0 aliphatic heterocycles. The summed E-state index contributed by atoms with van der Waals surface area (Å²) in [6.07, 6.45) is 0. The Bertz CT molecular complexity index is 661. The summed E-state index contributed by atoms with van der Waals surface area (Å²) in [5.74, 6) is -0.694. The van der Waals surface area contributed by atoms with E-state index in [1.165, 1.54) is 19.2 Å². The molecular weight excluding hydrogens is 332 g/mol. The molecule has 2 unspecified atom stereocenters. The van der Waals surface area contributed by atoms with Crippen molar-refractivity contribution in [3.8, 4) is 0 Å². The van der Waals surface area contributed by atoms with Crippen molar-refractivity contribution >= 4 is 27.3 Å². The van der Waals surface area contributed by atoms with Crippen LogP contribution >= 0.6 is 0 Å². The Kier molecular flexibility index (Phi) is 7.61. The van der Waals surface area contributed by atoms with Crippen LogP contribution in [0.15, 0.2) is 23.1 Å². The molecule has 0 spiro atoms. The molecular formula is C15H26N4O4S. The van der Waals surface area contributed by atoms with Gasteiger partial charge >= 0.3 is 0 Å². The molecule has 9 heteroatoms. The number of methoxy groups -OCH3 is 1. The fraction of sp³-hybridized carbons (Fsp3) is 0.533. The van der Waals surface area contributed by atoms with E-state index in [9.17, 15) is 13.2 Å². The molecule has 0 saturated carbocycles. The molecule has 8 nitrogen and oxygen atoms in total. The van der Waals surface area contributed by atoms with Crippen molar-refractivity contribution < 1.29 is 17.9 Å². The number of hydrogen-bond acceptors (Lipinski definition) is 6. The second-order valence-corrected chi connectivity index (χ2v) is 7.36. The van der Waals surface area contributed by atoms with Crippen LogP contribution in [0.25, 0.3) is 0 Å². The zero-order chi connectivity index (χ0) is 18.3. The van der Waals surface area contributed by atoms with E-state index in [1.54, 1.807) is 27.0 Å². The molecule has 0 fully saturated rings. The first kappa shape index (κ1) is 20.4. The predicted octanol–water partition coefficient (Wildman–Crippen LogP) is 0.575. The lowest BCUT2D eigenvalue weighted by Gasteiger charge is -2.18. The molecule has 1 rings (SSSR count). The normalized spacial score (nSPS) is 14.0. The summed E-state index contributed by atoms with van der Waals surface area (Å²) in [5.41, 5.74) is 6.73. The third-order valence-corrected chi connectivity index (χ3v) is 5.06. The summed E-state index contributed by atoms with van der Waals surface area (Å²) in [6, 6.07) is 4.16. The van der Waals surface area contributed by atoms with E-state index in [2.05, 4.69) is 15.4 Å². The standard InChI is InChI=1S/C15H26N4O4S/c1-10(11(2)16)15(20)19-14-9-12(24(21,22)17-3)5-6-13(14)18-7-8-23-4/h5-6,9-11,17-18H,7-8,16H2,1-4H3,(H,19,20). The third kappa shape index (κ3) is 5.45. The number of nitrogens with two attached hydrogens (primary N) is 1. The average molecular weight is 358 g/mol. The molecule has 0 saturated heterocycles. The van der Waals surface area contributed by atoms with Crippen molar-refractivity contribution in [2.45, 2.75) is 24.8 Å². The summed E-state index contributed by atoms with van der Waals surface area (Å²) >= 11 is 0. The molecule has 1 amide bonds. The van der Waals surface area contributed by atoms with Crippen molar-refractivity contribution in [3.63, 3.8) is 0 Å². The van der Waals surface area contributed by atoms with Gasteiger partial charge in [0.15, 0.2) is 0 Å². The van der Waals surface area contributed by atoms with Crippen LogP contribution in [-0.2, 0) is 19.6 Å². The summed E-state index contributed by atoms with van der Waals surface area (Å²) in [7, 11) is -0.703. The number of rotatable bonds is 9. The van der Waals surface area contributed by atoms with Gasteiger partial charge in [-0.1, -0.05) is 6.92 Å². The van der Waals surface area contributed by atoms with Crippen LogP contribution in [0, 0.1) is 5.92 Å². The lowest BCUT2D eigenvalue weighted by molar-refractivity contribution is -0.119. The Hall–Kier alpha value is -1.68. The number of anilines is 2. The quantitative estimate of drug-likeness (QED) is 0.479. The maximum absolute atomic E-state index is 12.3. The maximum atomic E-state index is 12.3. The zero-order valence-electron chi connectivity index (χ0n) is 14.4. The lowest BCUT2D eigenvalue weighted by Crippen LogP contribution is -2.34. The van der Waals surface area contributed by atoms with Gasteiger partial charge in [-0.2, -0.15) is 0 Å². The fourth-order valence-corrected chi connectivity index (χ4v) is 2.59. The van der Waals surface area contributed by atoms with Gasteiger partial charge in [-0.25, -0.2) is 13.1 Å². The van der Waals surface area contributed by atoms with Gasteiger partial charge in [0.1, 0.15) is 0 Å². The Morgan fingerprint density at radius 1 is 1.29 bits per heavy atom. The molecule has 0 aromatic heterocycles. The minimum absolute atomic E-state index is 0.0611. The summed E-state index contributed by atoms with van der Waals surface area (Å²) < 4.78 is 31.2. The van der Waals surface area contributed by atoms with E-state index in [1.807, 2.05) is 0 Å². The average Bonchev–Trinajstić information content (AvgIpc) is 2.55. The number of sulfonamides is 1. The highest BCUT2D eigenvalue weighted by Crippen LogP contribution is 2.26. The maximum Gasteiger partial charge on any atom is 0.240 e. The van der Waals surface area contributed by atoms with Gasteiger partial charge in [-0.05, 0) is 32.2 Å². The third-order valence-electron chi connectivity index (χ3n) is 3.65. The molecule has 2 atom stereocenters. The van der Waals surface area contributed by atoms with Gasteiger partial charge in [0, 0.05) is 19.7 Å². The van der Waals surface area contributed by atoms with Crippen LogP contribution in [0.1, 0.15) is 13.8 Å². The van der Waals surface area contributed by atoms with Gasteiger partial charge in [0.2, 0.25) is 15.9 Å². The van der Waals surface area contributed by atoms with Crippen molar-refractivity contribution in [2.24, 2.45) is 11.7 Å². The lowest BCUT2D eigenvalue weighted by atomic mass is 10.0. The Balaban J connectivity index is 3.14. The van der Waals surface area contributed by atoms with E-state index in [0.29, 0.717) is 24.5 Å². The molecule has 24 heavy (non-hydrogen) atoms. The topological polar surface area (TPSA) is 123 Å². The highest BCUT2D eigenvalue weighted by atomic mass is 32.2. The molecule has 1 aromatic carbocycles. The molecule has 0 heterocycles. The molecule has 1 aromatic rings. The second kappa shape index (κ2) is 8.97. The first-order chi connectivity index (χ1) is 11.2. The second-order valence-electron chi connectivity index (χ2n) is 5.47. The minimum atomic E-state index is -3.61. The minimum Gasteiger partial charge on any atom is -0.383 e. The zero-order valence-corrected chi connectivity index (χ0v) is 15.2. The number of carbonyl (C=O) groups is 1. The van der Waals surface area contributed by atoms with E-state index in [0.717, 1.165) is 0 Å². The first-order valence-corrected chi connectivity index (χ1v) is 9.08. The monoisotopic (exact) mass is 358 g/mol. The van der Waals surface area contributed by atoms with E-state index < -0.39 is 15.9 Å². The molecule has 0 aliphatic rings. The van der Waals surface area contributed by atoms with Gasteiger partial charge < -0.3 is 21.1 Å². The van der Waals surface area contributed by atoms with Crippen molar-refractivity contribution in [2.75, 3.05) is 37.9 Å². The van der Waals surface area contributed by atoms with Crippen LogP contribution in [0.2, 0.25) is 0 Å². The van der Waals surface area contributed by atoms with Gasteiger partial charge in [-0.3, -0.25) is 4.79 Å². The van der Waals surface area contributed by atoms with Crippen LogP contribution in [0.4, 0.5) is 11.4 Å². The number of hydrogen-bond donors (Lipinski definition) is 4. The van der Waals surface area contributed by atoms with Gasteiger partial charge in [0.05, 0.1) is 28.8 Å². The van der Waals surface area contributed by atoms with Crippen molar-refractivity contribution in [1.82, 2.24) is 4.72 Å². The molecule has 136 valence electrons. The smallest absolute Gasteiger partial charge is 0.240 e. The fourth-order valence-electron chi connectivity index (χ4n) is 1.84. The first-order valence-electron chi connectivity index (χ1n) is 7.59. The van der Waals surface area contributed by atoms with Crippen molar-refractivity contribution in [1.29, 1.82) is 0 Å². The molecule has 0 radical (unpaired) electrons. The predicted molar refractivity (Wildman–Crippen MR) is 94.5 cm³/mol. The van der Waals surface area contributed by atoms with E-state index in [4.69, 9.17) is 10.5 Å². The molecule has 0 aliphatic carbocycles. The van der Waals surface area contributed by atoms with Crippen LogP contribution < -0.4 is 21.1 Å². The van der Waals surface area contributed by atoms with E-state index >= 15 is 0 Å². The van der Waals surface area contributed by atoms with Gasteiger partial charge in [0.25, 0.3) is 0 Å². The molecule has 5 N–H and O–H groups in total.